The van der Waals surface area contributed by atoms with E-state index in [1.54, 1.807) is 0 Å². The normalized spacial score (nSPS) is 0. The maximum Gasteiger partial charge on any atom is 1.00 e. The molecule has 0 aromatic carbocycles. The Kier molecular flexibility index (Phi) is 1290. The molecule has 0 amide bonds. The number of halogens is 1. The summed E-state index contributed by atoms with van der Waals surface area (Å²) in [6.07, 6.45) is 0. The van der Waals surface area contributed by atoms with E-state index in [0.29, 0.717) is 0 Å². The molecule has 0 N–H and O–H groups in total. The van der Waals surface area contributed by atoms with Crippen LogP contribution in [0, 0.1) is 0 Å². The standard InChI is InChI=1S/ClH.Mo.3Na.4O/h1H;;;;;;;;/q;;3*+1;4*-2/p-1. The van der Waals surface area contributed by atoms with Crippen LogP contribution < -0.4 is 101 Å². The minimum absolute atomic E-state index is 0. The molecule has 4 nitrogen and oxygen atoms in total. The van der Waals surface area contributed by atoms with Crippen LogP contribution in [-0.4, -0.2) is 0 Å². The monoisotopic (exact) mass is 266 g/mol. The topological polar surface area (TPSA) is 114 Å². The van der Waals surface area contributed by atoms with Crippen molar-refractivity contribution in [1.29, 1.82) is 0 Å². The molecule has 0 aromatic heterocycles. The molecule has 9 heteroatoms. The van der Waals surface area contributed by atoms with Gasteiger partial charge in [0.05, 0.1) is 0 Å². The molecule has 0 aliphatic carbocycles. The predicted octanol–water partition coefficient (Wildman–Crippen LogP) is -12.5. The van der Waals surface area contributed by atoms with Gasteiger partial charge in [0, 0.05) is 21.1 Å². The van der Waals surface area contributed by atoms with Gasteiger partial charge in [-0.05, 0) is 0 Å². The predicted molar refractivity (Wildman–Crippen MR) is 2.75 cm³/mol. The van der Waals surface area contributed by atoms with E-state index in [1.807, 2.05) is 0 Å². The summed E-state index contributed by atoms with van der Waals surface area (Å²) in [7, 11) is 0. The Morgan fingerprint density at radius 2 is 0.444 bits per heavy atom. The smallest absolute Gasteiger partial charge is 1.00 e. The zero-order valence-electron chi connectivity index (χ0n) is 5.42. The van der Waals surface area contributed by atoms with Gasteiger partial charge in [-0.15, -0.1) is 0 Å². The Morgan fingerprint density at radius 3 is 0.444 bits per heavy atom. The van der Waals surface area contributed by atoms with E-state index < -0.39 is 0 Å². The van der Waals surface area contributed by atoms with Crippen LogP contribution in [-0.2, 0) is 43.0 Å². The average molecular weight is 264 g/mol. The van der Waals surface area contributed by atoms with E-state index in [9.17, 15) is 0 Å². The van der Waals surface area contributed by atoms with E-state index in [4.69, 9.17) is 0 Å². The average Bonchev–Trinajstić information content (AvgIpc) is 0. The van der Waals surface area contributed by atoms with Gasteiger partial charge in [0.15, 0.2) is 0 Å². The Morgan fingerprint density at radius 1 is 0.444 bits per heavy atom. The van der Waals surface area contributed by atoms with Gasteiger partial charge >= 0.3 is 88.7 Å². The second kappa shape index (κ2) is 94.9. The first kappa shape index (κ1) is 123. The van der Waals surface area contributed by atoms with E-state index >= 15 is 0 Å². The van der Waals surface area contributed by atoms with Crippen LogP contribution >= 0.6 is 0 Å². The first-order valence-corrected chi connectivity index (χ1v) is 0. The fourth-order valence-corrected chi connectivity index (χ4v) is 0. The Bertz CT molecular complexity index is 15.8. The molecule has 0 aromatic rings. The van der Waals surface area contributed by atoms with Gasteiger partial charge in [-0.25, -0.2) is 0 Å². The molecule has 0 heterocycles. The minimum Gasteiger partial charge on any atom is -2.00 e. The summed E-state index contributed by atoms with van der Waals surface area (Å²) in [5.41, 5.74) is 0. The molecule has 0 aliphatic heterocycles. The molecule has 0 aliphatic rings. The zero-order chi connectivity index (χ0) is 0. The van der Waals surface area contributed by atoms with Crippen molar-refractivity contribution >= 4 is 0 Å². The number of hydrogen-bond acceptors (Lipinski definition) is 0. The molecule has 0 bridgehead atoms. The maximum absolute atomic E-state index is 0. The summed E-state index contributed by atoms with van der Waals surface area (Å²) >= 11 is 0. The molecule has 0 atom stereocenters. The summed E-state index contributed by atoms with van der Waals surface area (Å²) in [5, 5.41) is 0. The van der Waals surface area contributed by atoms with E-state index in [0.717, 1.165) is 0 Å². The molecule has 0 saturated heterocycles. The molecule has 46 valence electrons. The first-order valence-electron chi connectivity index (χ1n) is 0. The van der Waals surface area contributed by atoms with Crippen LogP contribution in [0.15, 0.2) is 0 Å². The van der Waals surface area contributed by atoms with E-state index in [2.05, 4.69) is 0 Å². The van der Waals surface area contributed by atoms with Crippen molar-refractivity contribution in [1.82, 2.24) is 0 Å². The van der Waals surface area contributed by atoms with Crippen LogP contribution in [0.5, 0.6) is 0 Å². The van der Waals surface area contributed by atoms with Crippen LogP contribution in [0.2, 0.25) is 0 Å². The summed E-state index contributed by atoms with van der Waals surface area (Å²) in [6.45, 7) is 0. The maximum atomic E-state index is 0. The third kappa shape index (κ3) is 78.1. The van der Waals surface area contributed by atoms with Crippen LogP contribution in [0.25, 0.3) is 0 Å². The summed E-state index contributed by atoms with van der Waals surface area (Å²) in [6, 6.07) is 0. The molecule has 0 spiro atoms. The SMILES string of the molecule is [Cl-].[Mo].[Na+].[Na+].[Na+].[O-2].[O-2].[O-2].[O-2]. The van der Waals surface area contributed by atoms with Crippen molar-refractivity contribution in [2.45, 2.75) is 0 Å². The molecular formula is ClMoNa3O4-6. The zero-order valence-corrected chi connectivity index (χ0v) is 14.2. The fourth-order valence-electron chi connectivity index (χ4n) is 0. The second-order valence-corrected chi connectivity index (χ2v) is 0. The third-order valence-electron chi connectivity index (χ3n) is 0. The van der Waals surface area contributed by atoms with Crippen molar-refractivity contribution in [2.24, 2.45) is 0 Å². The van der Waals surface area contributed by atoms with Gasteiger partial charge in [-0.1, -0.05) is 0 Å². The van der Waals surface area contributed by atoms with E-state index in [-0.39, 0.29) is 144 Å². The molecule has 0 radical (unpaired) electrons. The van der Waals surface area contributed by atoms with Gasteiger partial charge in [-0.3, -0.25) is 0 Å². The van der Waals surface area contributed by atoms with Crippen molar-refractivity contribution in [3.63, 3.8) is 0 Å². The molecule has 0 unspecified atom stereocenters. The van der Waals surface area contributed by atoms with Crippen LogP contribution in [0.1, 0.15) is 0 Å². The van der Waals surface area contributed by atoms with Crippen molar-refractivity contribution in [3.05, 3.63) is 0 Å². The number of rotatable bonds is 0. The Balaban J connectivity index is 0. The second-order valence-electron chi connectivity index (χ2n) is 0. The third-order valence-corrected chi connectivity index (χ3v) is 0. The molecular weight excluding hydrogens is 264 g/mol. The Labute approximate surface area is 141 Å². The molecule has 0 fully saturated rings. The molecule has 9 heavy (non-hydrogen) atoms. The van der Waals surface area contributed by atoms with Gasteiger partial charge in [0.25, 0.3) is 0 Å². The quantitative estimate of drug-likeness (QED) is 0.387. The summed E-state index contributed by atoms with van der Waals surface area (Å²) in [5.74, 6) is 0. The summed E-state index contributed by atoms with van der Waals surface area (Å²) < 4.78 is 0. The van der Waals surface area contributed by atoms with E-state index in [1.165, 1.54) is 0 Å². The first-order chi connectivity index (χ1) is 0. The molecule has 0 saturated carbocycles. The van der Waals surface area contributed by atoms with Crippen molar-refractivity contribution in [2.75, 3.05) is 0 Å². The van der Waals surface area contributed by atoms with Crippen molar-refractivity contribution in [3.8, 4) is 0 Å². The number of hydrogen-bond donors (Lipinski definition) is 0. The minimum atomic E-state index is 0. The summed E-state index contributed by atoms with van der Waals surface area (Å²) in [4.78, 5) is 0. The van der Waals surface area contributed by atoms with Gasteiger partial charge in [-0.2, -0.15) is 0 Å². The van der Waals surface area contributed by atoms with Gasteiger partial charge in [0.1, 0.15) is 0 Å². The Hall–Kier alpha value is 3.82. The van der Waals surface area contributed by atoms with Gasteiger partial charge in [0.2, 0.25) is 0 Å². The van der Waals surface area contributed by atoms with Gasteiger partial charge < -0.3 is 34.3 Å². The van der Waals surface area contributed by atoms with Crippen molar-refractivity contribution < 1.29 is 144 Å². The van der Waals surface area contributed by atoms with Crippen LogP contribution in [0.4, 0.5) is 0 Å². The molecule has 0 rings (SSSR count). The largest absolute Gasteiger partial charge is 2.00 e. The van der Waals surface area contributed by atoms with Crippen LogP contribution in [0.3, 0.4) is 0 Å². The fraction of sp³-hybridized carbons (Fsp3) is 0.